The molecular weight excluding hydrogens is 390 g/mol. The summed E-state index contributed by atoms with van der Waals surface area (Å²) in [5, 5.41) is 1.88. The van der Waals surface area contributed by atoms with Gasteiger partial charge in [0.05, 0.1) is 6.54 Å². The Morgan fingerprint density at radius 2 is 1.93 bits per heavy atom. The molecule has 8 nitrogen and oxygen atoms in total. The smallest absolute Gasteiger partial charge is 0.328 e. The van der Waals surface area contributed by atoms with Crippen LogP contribution >= 0.6 is 11.3 Å². The van der Waals surface area contributed by atoms with Gasteiger partial charge in [-0.1, -0.05) is 12.1 Å². The van der Waals surface area contributed by atoms with Crippen LogP contribution in [0.5, 0.6) is 0 Å². The number of rotatable bonds is 5. The summed E-state index contributed by atoms with van der Waals surface area (Å²) < 4.78 is 1.08. The number of H-pyrrole nitrogens is 1. The third kappa shape index (κ3) is 4.36. The van der Waals surface area contributed by atoms with Gasteiger partial charge < -0.3 is 9.88 Å². The number of aromatic nitrogens is 3. The second-order valence-corrected chi connectivity index (χ2v) is 7.94. The summed E-state index contributed by atoms with van der Waals surface area (Å²) in [6.45, 7) is 3.43. The van der Waals surface area contributed by atoms with Gasteiger partial charge in [-0.3, -0.25) is 24.0 Å². The second-order valence-electron chi connectivity index (χ2n) is 6.91. The van der Waals surface area contributed by atoms with Crippen molar-refractivity contribution in [1.82, 2.24) is 24.3 Å². The fraction of sp³-hybridized carbons (Fsp3) is 0.300. The quantitative estimate of drug-likeness (QED) is 0.676. The third-order valence-corrected chi connectivity index (χ3v) is 5.83. The van der Waals surface area contributed by atoms with Crippen LogP contribution < -0.4 is 11.2 Å². The number of carbonyl (C=O) groups is 1. The summed E-state index contributed by atoms with van der Waals surface area (Å²) in [4.78, 5) is 49.3. The maximum absolute atomic E-state index is 12.9. The second kappa shape index (κ2) is 8.54. The van der Waals surface area contributed by atoms with Crippen molar-refractivity contribution in [1.29, 1.82) is 0 Å². The lowest BCUT2D eigenvalue weighted by Crippen LogP contribution is -2.50. The van der Waals surface area contributed by atoms with Gasteiger partial charge >= 0.3 is 5.69 Å². The largest absolute Gasteiger partial charge is 0.336 e. The van der Waals surface area contributed by atoms with Crippen molar-refractivity contribution >= 4 is 17.2 Å². The number of hydrogen-bond donors (Lipinski definition) is 1. The third-order valence-electron chi connectivity index (χ3n) is 4.97. The molecule has 3 aromatic rings. The van der Waals surface area contributed by atoms with Gasteiger partial charge in [-0.05, 0) is 23.1 Å². The Morgan fingerprint density at radius 3 is 2.62 bits per heavy atom. The van der Waals surface area contributed by atoms with Crippen LogP contribution in [-0.2, 0) is 13.1 Å². The van der Waals surface area contributed by atoms with E-state index in [0.717, 1.165) is 21.6 Å². The van der Waals surface area contributed by atoms with E-state index in [1.165, 1.54) is 17.5 Å². The summed E-state index contributed by atoms with van der Waals surface area (Å²) in [5.41, 5.74) is 0.0671. The molecule has 3 aromatic heterocycles. The first-order chi connectivity index (χ1) is 14.1. The molecule has 0 aromatic carbocycles. The minimum Gasteiger partial charge on any atom is -0.336 e. The molecule has 0 atom stereocenters. The maximum Gasteiger partial charge on any atom is 0.328 e. The molecule has 0 radical (unpaired) electrons. The zero-order valence-corrected chi connectivity index (χ0v) is 16.6. The number of nitrogens with zero attached hydrogens (tertiary/aromatic N) is 4. The zero-order valence-electron chi connectivity index (χ0n) is 15.8. The van der Waals surface area contributed by atoms with Crippen LogP contribution in [0.2, 0.25) is 0 Å². The fourth-order valence-corrected chi connectivity index (χ4v) is 4.09. The molecule has 0 aliphatic carbocycles. The van der Waals surface area contributed by atoms with E-state index in [2.05, 4.69) is 14.9 Å². The number of piperazine rings is 1. The van der Waals surface area contributed by atoms with E-state index >= 15 is 0 Å². The molecule has 9 heteroatoms. The highest BCUT2D eigenvalue weighted by Gasteiger charge is 2.25. The monoisotopic (exact) mass is 411 g/mol. The summed E-state index contributed by atoms with van der Waals surface area (Å²) in [6, 6.07) is 7.65. The van der Waals surface area contributed by atoms with Crippen molar-refractivity contribution in [2.45, 2.75) is 13.1 Å². The molecule has 0 unspecified atom stereocenters. The molecular formula is C20H21N5O3S. The lowest BCUT2D eigenvalue weighted by Gasteiger charge is -2.34. The van der Waals surface area contributed by atoms with Gasteiger partial charge in [-0.2, -0.15) is 0 Å². The van der Waals surface area contributed by atoms with E-state index in [-0.39, 0.29) is 18.0 Å². The van der Waals surface area contributed by atoms with Crippen molar-refractivity contribution in [3.05, 3.63) is 85.1 Å². The summed E-state index contributed by atoms with van der Waals surface area (Å²) in [5.74, 6) is -0.341. The number of nitrogens with one attached hydrogen (secondary N) is 1. The highest BCUT2D eigenvalue weighted by molar-refractivity contribution is 7.09. The molecule has 4 rings (SSSR count). The molecule has 29 heavy (non-hydrogen) atoms. The number of thiophene rings is 1. The number of hydrogen-bond acceptors (Lipinski definition) is 6. The van der Waals surface area contributed by atoms with Gasteiger partial charge in [-0.25, -0.2) is 4.79 Å². The Morgan fingerprint density at radius 1 is 1.10 bits per heavy atom. The standard InChI is InChI=1S/C20H21N5O3S/c26-18(24-8-6-23(7-9-24)13-15-3-1-5-21-11-15)17-12-22-20(28)25(19(17)27)14-16-4-2-10-29-16/h1-5,10-12H,6-9,13-14H2,(H,22,28). The molecule has 4 heterocycles. The molecule has 0 spiro atoms. The number of carbonyl (C=O) groups excluding carboxylic acids is 1. The Bertz CT molecular complexity index is 1080. The van der Waals surface area contributed by atoms with Crippen LogP contribution in [-0.4, -0.2) is 56.4 Å². The molecule has 1 saturated heterocycles. The van der Waals surface area contributed by atoms with Crippen molar-refractivity contribution in [2.75, 3.05) is 26.2 Å². The average Bonchev–Trinajstić information content (AvgIpc) is 3.25. The van der Waals surface area contributed by atoms with E-state index < -0.39 is 11.2 Å². The van der Waals surface area contributed by atoms with Gasteiger partial charge in [0.2, 0.25) is 0 Å². The van der Waals surface area contributed by atoms with Crippen molar-refractivity contribution in [3.63, 3.8) is 0 Å². The van der Waals surface area contributed by atoms with Crippen LogP contribution in [0.15, 0.2) is 57.8 Å². The molecule has 0 saturated carbocycles. The van der Waals surface area contributed by atoms with E-state index in [1.54, 1.807) is 11.1 Å². The highest BCUT2D eigenvalue weighted by Crippen LogP contribution is 2.11. The van der Waals surface area contributed by atoms with Crippen LogP contribution in [0, 0.1) is 0 Å². The first-order valence-corrected chi connectivity index (χ1v) is 10.3. The van der Waals surface area contributed by atoms with E-state index in [9.17, 15) is 14.4 Å². The van der Waals surface area contributed by atoms with Gasteiger partial charge in [0, 0.05) is 56.2 Å². The van der Waals surface area contributed by atoms with Gasteiger partial charge in [0.1, 0.15) is 5.56 Å². The van der Waals surface area contributed by atoms with Crippen molar-refractivity contribution < 1.29 is 4.79 Å². The topological polar surface area (TPSA) is 91.3 Å². The summed E-state index contributed by atoms with van der Waals surface area (Å²) in [7, 11) is 0. The number of amides is 1. The molecule has 150 valence electrons. The molecule has 1 fully saturated rings. The SMILES string of the molecule is O=C(c1c[nH]c(=O)n(Cc2cccs2)c1=O)N1CCN(Cc2cccnc2)CC1. The predicted molar refractivity (Wildman–Crippen MR) is 110 cm³/mol. The maximum atomic E-state index is 12.9. The zero-order chi connectivity index (χ0) is 20.2. The van der Waals surface area contributed by atoms with Crippen LogP contribution in [0.1, 0.15) is 20.8 Å². The minimum absolute atomic E-state index is 0.00173. The first-order valence-electron chi connectivity index (χ1n) is 9.37. The molecule has 1 N–H and O–H groups in total. The Balaban J connectivity index is 1.45. The van der Waals surface area contributed by atoms with Gasteiger partial charge in [0.15, 0.2) is 0 Å². The van der Waals surface area contributed by atoms with Crippen LogP contribution in [0.3, 0.4) is 0 Å². The minimum atomic E-state index is -0.551. The Hall–Kier alpha value is -3.04. The molecule has 0 bridgehead atoms. The molecule has 1 amide bonds. The molecule has 1 aliphatic heterocycles. The van der Waals surface area contributed by atoms with Crippen molar-refractivity contribution in [3.8, 4) is 0 Å². The lowest BCUT2D eigenvalue weighted by molar-refractivity contribution is 0.0625. The number of aromatic amines is 1. The van der Waals surface area contributed by atoms with Gasteiger partial charge in [-0.15, -0.1) is 11.3 Å². The Kier molecular flexibility index (Phi) is 5.68. The van der Waals surface area contributed by atoms with Crippen molar-refractivity contribution in [2.24, 2.45) is 0 Å². The fourth-order valence-electron chi connectivity index (χ4n) is 3.40. The number of pyridine rings is 1. The lowest BCUT2D eigenvalue weighted by atomic mass is 10.2. The Labute approximate surface area is 171 Å². The van der Waals surface area contributed by atoms with E-state index in [4.69, 9.17) is 0 Å². The predicted octanol–water partition coefficient (Wildman–Crippen LogP) is 0.999. The summed E-state index contributed by atoms with van der Waals surface area (Å²) in [6.07, 6.45) is 4.82. The summed E-state index contributed by atoms with van der Waals surface area (Å²) >= 11 is 1.46. The van der Waals surface area contributed by atoms with Gasteiger partial charge in [0.25, 0.3) is 11.5 Å². The normalized spacial score (nSPS) is 14.8. The van der Waals surface area contributed by atoms with E-state index in [1.807, 2.05) is 35.8 Å². The van der Waals surface area contributed by atoms with Crippen LogP contribution in [0.4, 0.5) is 0 Å². The average molecular weight is 411 g/mol. The molecule has 1 aliphatic rings. The van der Waals surface area contributed by atoms with Crippen LogP contribution in [0.25, 0.3) is 0 Å². The first kappa shape index (κ1) is 19.3. The van der Waals surface area contributed by atoms with E-state index in [0.29, 0.717) is 26.2 Å². The highest BCUT2D eigenvalue weighted by atomic mass is 32.1.